The van der Waals surface area contributed by atoms with Crippen LogP contribution in [0.5, 0.6) is 11.5 Å². The molecule has 2 aromatic heterocycles. The van der Waals surface area contributed by atoms with Gasteiger partial charge >= 0.3 is 0 Å². The molecule has 1 fully saturated rings. The summed E-state index contributed by atoms with van der Waals surface area (Å²) in [5.74, 6) is 0.606. The van der Waals surface area contributed by atoms with Gasteiger partial charge in [-0.2, -0.15) is 4.39 Å². The van der Waals surface area contributed by atoms with E-state index >= 15 is 0 Å². The molecule has 5 rings (SSSR count). The molecule has 3 aromatic rings. The van der Waals surface area contributed by atoms with Crippen molar-refractivity contribution in [3.8, 4) is 22.6 Å². The van der Waals surface area contributed by atoms with Crippen molar-refractivity contribution in [2.24, 2.45) is 5.73 Å². The summed E-state index contributed by atoms with van der Waals surface area (Å²) in [5, 5.41) is 3.63. The summed E-state index contributed by atoms with van der Waals surface area (Å²) >= 11 is 6.16. The number of aromatic nitrogens is 2. The summed E-state index contributed by atoms with van der Waals surface area (Å²) in [5.41, 5.74) is 7.72. The van der Waals surface area contributed by atoms with Crippen LogP contribution < -0.4 is 15.8 Å². The fourth-order valence-corrected chi connectivity index (χ4v) is 3.99. The highest BCUT2D eigenvalue weighted by molar-refractivity contribution is 6.29. The second kappa shape index (κ2) is 6.49. The number of nitrogens with one attached hydrogen (secondary N) is 1. The average Bonchev–Trinajstić information content (AvgIpc) is 2.69. The predicted molar refractivity (Wildman–Crippen MR) is 102 cm³/mol. The number of hydrogen-bond donors (Lipinski definition) is 2. The summed E-state index contributed by atoms with van der Waals surface area (Å²) in [6.45, 7) is 0.979. The first-order valence-corrected chi connectivity index (χ1v) is 9.18. The highest BCUT2D eigenvalue weighted by atomic mass is 35.5. The van der Waals surface area contributed by atoms with Crippen LogP contribution in [0.4, 0.5) is 4.39 Å². The smallest absolute Gasteiger partial charge is 0.220 e. The van der Waals surface area contributed by atoms with E-state index in [1.54, 1.807) is 36.5 Å². The largest absolute Gasteiger partial charge is 0.455 e. The molecule has 1 aromatic carbocycles. The number of halogens is 2. The molecule has 0 amide bonds. The lowest BCUT2D eigenvalue weighted by Gasteiger charge is -2.44. The van der Waals surface area contributed by atoms with Crippen molar-refractivity contribution >= 4 is 11.6 Å². The Bertz CT molecular complexity index is 1080. The van der Waals surface area contributed by atoms with E-state index in [0.29, 0.717) is 40.9 Å². The Balaban J connectivity index is 1.74. The number of ether oxygens (including phenoxy) is 2. The predicted octanol–water partition coefficient (Wildman–Crippen LogP) is 3.19. The lowest BCUT2D eigenvalue weighted by Crippen LogP contribution is -2.56. The Morgan fingerprint density at radius 1 is 1.18 bits per heavy atom. The SMILES string of the molecule is N[C@@H]1CNCC2(O1)c1cc(-c3cccnc3F)ccc1Oc1cnc(Cl)cc12. The molecule has 142 valence electrons. The standard InChI is InChI=1S/C20H16ClFN4O2/c21-17-7-14-16(8-26-17)27-15-4-3-11(12-2-1-5-25-19(12)22)6-13(15)20(14)10-24-9-18(23)28-20/h1-8,18,24H,9-10,23H2/t18-,20?/m0/s1. The van der Waals surface area contributed by atoms with Gasteiger partial charge in [-0.25, -0.2) is 9.97 Å². The number of nitrogens with zero attached hydrogens (tertiary/aromatic N) is 2. The summed E-state index contributed by atoms with van der Waals surface area (Å²) in [4.78, 5) is 7.86. The van der Waals surface area contributed by atoms with Crippen LogP contribution in [-0.2, 0) is 10.3 Å². The summed E-state index contributed by atoms with van der Waals surface area (Å²) in [6, 6.07) is 10.5. The van der Waals surface area contributed by atoms with Crippen molar-refractivity contribution in [2.45, 2.75) is 11.8 Å². The normalized spacial score (nSPS) is 23.0. The molecule has 28 heavy (non-hydrogen) atoms. The Kier molecular flexibility index (Phi) is 4.06. The van der Waals surface area contributed by atoms with Crippen molar-refractivity contribution in [2.75, 3.05) is 13.1 Å². The van der Waals surface area contributed by atoms with E-state index in [9.17, 15) is 4.39 Å². The van der Waals surface area contributed by atoms with Gasteiger partial charge in [0, 0.05) is 36.0 Å². The van der Waals surface area contributed by atoms with E-state index in [2.05, 4.69) is 15.3 Å². The fraction of sp³-hybridized carbons (Fsp3) is 0.200. The van der Waals surface area contributed by atoms with Gasteiger partial charge in [-0.15, -0.1) is 0 Å². The Morgan fingerprint density at radius 3 is 2.86 bits per heavy atom. The Labute approximate surface area is 165 Å². The molecule has 0 aliphatic carbocycles. The van der Waals surface area contributed by atoms with Crippen LogP contribution in [0.2, 0.25) is 5.15 Å². The van der Waals surface area contributed by atoms with Crippen LogP contribution in [0.25, 0.3) is 11.1 Å². The first-order chi connectivity index (χ1) is 13.6. The molecule has 1 spiro atoms. The molecule has 2 aliphatic heterocycles. The Morgan fingerprint density at radius 2 is 2.04 bits per heavy atom. The molecule has 8 heteroatoms. The minimum atomic E-state index is -0.929. The molecular formula is C20H16ClFN4O2. The van der Waals surface area contributed by atoms with Crippen molar-refractivity contribution in [3.05, 3.63) is 71.0 Å². The van der Waals surface area contributed by atoms with Crippen LogP contribution in [0.15, 0.2) is 48.8 Å². The maximum Gasteiger partial charge on any atom is 0.220 e. The molecular weight excluding hydrogens is 383 g/mol. The highest BCUT2D eigenvalue weighted by Crippen LogP contribution is 2.50. The monoisotopic (exact) mass is 398 g/mol. The molecule has 1 unspecified atom stereocenters. The third-order valence-electron chi connectivity index (χ3n) is 5.05. The molecule has 2 aliphatic rings. The lowest BCUT2D eigenvalue weighted by atomic mass is 9.81. The van der Waals surface area contributed by atoms with E-state index < -0.39 is 17.8 Å². The number of fused-ring (bicyclic) bond motifs is 4. The zero-order valence-corrected chi connectivity index (χ0v) is 15.4. The molecule has 0 saturated carbocycles. The number of pyridine rings is 2. The molecule has 6 nitrogen and oxygen atoms in total. The van der Waals surface area contributed by atoms with Gasteiger partial charge in [-0.1, -0.05) is 17.7 Å². The van der Waals surface area contributed by atoms with Crippen LogP contribution >= 0.6 is 11.6 Å². The van der Waals surface area contributed by atoms with Crippen molar-refractivity contribution in [1.82, 2.24) is 15.3 Å². The number of rotatable bonds is 1. The molecule has 0 bridgehead atoms. The van der Waals surface area contributed by atoms with Gasteiger partial charge in [0.05, 0.1) is 6.20 Å². The minimum absolute atomic E-state index is 0.322. The van der Waals surface area contributed by atoms with Gasteiger partial charge in [0.15, 0.2) is 5.75 Å². The van der Waals surface area contributed by atoms with E-state index in [1.807, 2.05) is 6.07 Å². The van der Waals surface area contributed by atoms with Crippen molar-refractivity contribution < 1.29 is 13.9 Å². The molecule has 1 saturated heterocycles. The van der Waals surface area contributed by atoms with Crippen molar-refractivity contribution in [3.63, 3.8) is 0 Å². The lowest BCUT2D eigenvalue weighted by molar-refractivity contribution is -0.0970. The van der Waals surface area contributed by atoms with Gasteiger partial charge in [0.1, 0.15) is 22.7 Å². The van der Waals surface area contributed by atoms with Gasteiger partial charge in [-0.05, 0) is 35.9 Å². The number of hydrogen-bond acceptors (Lipinski definition) is 6. The maximum absolute atomic E-state index is 14.3. The van der Waals surface area contributed by atoms with Crippen LogP contribution in [0.3, 0.4) is 0 Å². The van der Waals surface area contributed by atoms with E-state index in [4.69, 9.17) is 26.8 Å². The van der Waals surface area contributed by atoms with Crippen LogP contribution in [-0.4, -0.2) is 29.3 Å². The van der Waals surface area contributed by atoms with Crippen LogP contribution in [0.1, 0.15) is 11.1 Å². The second-order valence-electron chi connectivity index (χ2n) is 6.77. The molecule has 4 heterocycles. The topological polar surface area (TPSA) is 82.3 Å². The average molecular weight is 399 g/mol. The second-order valence-corrected chi connectivity index (χ2v) is 7.16. The number of nitrogens with two attached hydrogens (primary N) is 1. The maximum atomic E-state index is 14.3. The van der Waals surface area contributed by atoms with Gasteiger partial charge in [-0.3, -0.25) is 0 Å². The van der Waals surface area contributed by atoms with Gasteiger partial charge in [0.2, 0.25) is 5.95 Å². The first kappa shape index (κ1) is 17.5. The summed E-state index contributed by atoms with van der Waals surface area (Å²) in [7, 11) is 0. The zero-order valence-electron chi connectivity index (χ0n) is 14.7. The van der Waals surface area contributed by atoms with Gasteiger partial charge in [0.25, 0.3) is 0 Å². The van der Waals surface area contributed by atoms with Crippen LogP contribution in [0, 0.1) is 5.95 Å². The third-order valence-corrected chi connectivity index (χ3v) is 5.25. The summed E-state index contributed by atoms with van der Waals surface area (Å²) < 4.78 is 26.6. The van der Waals surface area contributed by atoms with E-state index in [0.717, 1.165) is 11.1 Å². The zero-order chi connectivity index (χ0) is 19.3. The van der Waals surface area contributed by atoms with E-state index in [-0.39, 0.29) is 0 Å². The van der Waals surface area contributed by atoms with Crippen molar-refractivity contribution in [1.29, 1.82) is 0 Å². The van der Waals surface area contributed by atoms with E-state index in [1.165, 1.54) is 6.20 Å². The minimum Gasteiger partial charge on any atom is -0.455 e. The molecule has 0 radical (unpaired) electrons. The Hall–Kier alpha value is -2.58. The number of morpholine rings is 1. The molecule has 3 N–H and O–H groups in total. The quantitative estimate of drug-likeness (QED) is 0.613. The third kappa shape index (κ3) is 2.67. The fourth-order valence-electron chi connectivity index (χ4n) is 3.83. The molecule has 2 atom stereocenters. The highest BCUT2D eigenvalue weighted by Gasteiger charge is 2.47. The van der Waals surface area contributed by atoms with Gasteiger partial charge < -0.3 is 20.5 Å². The first-order valence-electron chi connectivity index (χ1n) is 8.80. The summed E-state index contributed by atoms with van der Waals surface area (Å²) in [6.07, 6.45) is 2.46. The number of benzene rings is 1.